The smallest absolute Gasteiger partial charge is 0.168 e. The molecule has 118 valence electrons. The molecule has 0 unspecified atom stereocenters. The first-order chi connectivity index (χ1) is 10.8. The molecule has 1 aromatic heterocycles. The molecule has 2 heterocycles. The van der Waals surface area contributed by atoms with Crippen LogP contribution in [0.25, 0.3) is 11.0 Å². The number of carbonyl (C=O) groups excluding carboxylic acids is 1. The Kier molecular flexibility index (Phi) is 4.94. The van der Waals surface area contributed by atoms with Gasteiger partial charge < -0.3 is 9.32 Å². The number of para-hydroxylation sites is 1. The molecule has 0 atom stereocenters. The Morgan fingerprint density at radius 1 is 1.14 bits per heavy atom. The lowest BCUT2D eigenvalue weighted by Gasteiger charge is -2.18. The summed E-state index contributed by atoms with van der Waals surface area (Å²) in [6.45, 7) is 5.20. The number of fused-ring (bicyclic) bond motifs is 1. The number of benzene rings is 1. The summed E-state index contributed by atoms with van der Waals surface area (Å²) in [7, 11) is 0. The van der Waals surface area contributed by atoms with Gasteiger partial charge in [0.25, 0.3) is 0 Å². The molecular formula is C19H25NO2. The maximum absolute atomic E-state index is 12.7. The van der Waals surface area contributed by atoms with Crippen molar-refractivity contribution >= 4 is 16.8 Å². The first-order valence-corrected chi connectivity index (χ1v) is 8.55. The van der Waals surface area contributed by atoms with E-state index in [2.05, 4.69) is 4.90 Å². The molecule has 1 aliphatic rings. The predicted molar refractivity (Wildman–Crippen MR) is 89.4 cm³/mol. The Hall–Kier alpha value is -1.61. The molecule has 3 rings (SSSR count). The Bertz CT molecular complexity index is 636. The van der Waals surface area contributed by atoms with Crippen LogP contribution in [0.4, 0.5) is 0 Å². The van der Waals surface area contributed by atoms with E-state index >= 15 is 0 Å². The van der Waals surface area contributed by atoms with Gasteiger partial charge in [0, 0.05) is 24.8 Å². The van der Waals surface area contributed by atoms with Crippen LogP contribution in [0.3, 0.4) is 0 Å². The van der Waals surface area contributed by atoms with Gasteiger partial charge in [-0.05, 0) is 32.0 Å². The number of rotatable bonds is 5. The highest BCUT2D eigenvalue weighted by Crippen LogP contribution is 2.27. The highest BCUT2D eigenvalue weighted by Gasteiger charge is 2.20. The van der Waals surface area contributed by atoms with Crippen LogP contribution in [0, 0.1) is 0 Å². The highest BCUT2D eigenvalue weighted by atomic mass is 16.3. The minimum Gasteiger partial charge on any atom is -0.460 e. The van der Waals surface area contributed by atoms with Crippen molar-refractivity contribution in [3.63, 3.8) is 0 Å². The van der Waals surface area contributed by atoms with Gasteiger partial charge in [-0.2, -0.15) is 0 Å². The number of aryl methyl sites for hydroxylation is 1. The van der Waals surface area contributed by atoms with Crippen LogP contribution in [0.5, 0.6) is 0 Å². The topological polar surface area (TPSA) is 33.5 Å². The molecule has 0 saturated carbocycles. The first kappa shape index (κ1) is 15.3. The molecule has 0 spiro atoms. The molecule has 0 amide bonds. The molecule has 3 nitrogen and oxygen atoms in total. The normalized spacial score (nSPS) is 16.8. The van der Waals surface area contributed by atoms with Crippen molar-refractivity contribution in [1.29, 1.82) is 0 Å². The Labute approximate surface area is 132 Å². The molecule has 0 radical (unpaired) electrons. The molecule has 2 aromatic rings. The van der Waals surface area contributed by atoms with E-state index in [-0.39, 0.29) is 5.78 Å². The summed E-state index contributed by atoms with van der Waals surface area (Å²) in [5.74, 6) is 1.06. The quantitative estimate of drug-likeness (QED) is 0.765. The van der Waals surface area contributed by atoms with Crippen LogP contribution in [0.15, 0.2) is 28.7 Å². The predicted octanol–water partition coefficient (Wildman–Crippen LogP) is 4.44. The number of Topliss-reactive ketones (excluding diaryl/α,β-unsaturated/α-hetero) is 1. The molecule has 1 aliphatic heterocycles. The number of likely N-dealkylation sites (tertiary alicyclic amines) is 1. The van der Waals surface area contributed by atoms with Crippen molar-refractivity contribution in [1.82, 2.24) is 4.90 Å². The van der Waals surface area contributed by atoms with E-state index in [4.69, 9.17) is 4.42 Å². The number of furan rings is 1. The third-order valence-corrected chi connectivity index (χ3v) is 4.62. The number of nitrogens with zero attached hydrogens (tertiary/aromatic N) is 1. The minimum atomic E-state index is 0.228. The second-order valence-electron chi connectivity index (χ2n) is 6.18. The molecule has 1 fully saturated rings. The van der Waals surface area contributed by atoms with Crippen molar-refractivity contribution in [2.45, 2.75) is 45.4 Å². The summed E-state index contributed by atoms with van der Waals surface area (Å²) in [5, 5.41) is 0.972. The third kappa shape index (κ3) is 3.25. The summed E-state index contributed by atoms with van der Waals surface area (Å²) in [6.07, 6.45) is 6.55. The zero-order chi connectivity index (χ0) is 15.4. The lowest BCUT2D eigenvalue weighted by atomic mass is 10.0. The van der Waals surface area contributed by atoms with E-state index in [0.717, 1.165) is 48.3 Å². The van der Waals surface area contributed by atoms with Crippen molar-refractivity contribution in [3.05, 3.63) is 35.6 Å². The van der Waals surface area contributed by atoms with Crippen molar-refractivity contribution in [2.75, 3.05) is 19.6 Å². The second kappa shape index (κ2) is 7.10. The SMILES string of the molecule is CCc1oc2ccccc2c1C(=O)CCN1CCCCCC1. The minimum absolute atomic E-state index is 0.228. The van der Waals surface area contributed by atoms with Crippen molar-refractivity contribution in [2.24, 2.45) is 0 Å². The van der Waals surface area contributed by atoms with Gasteiger partial charge in [0.2, 0.25) is 0 Å². The van der Waals surface area contributed by atoms with Crippen LogP contribution in [0.1, 0.15) is 55.1 Å². The van der Waals surface area contributed by atoms with E-state index in [9.17, 15) is 4.79 Å². The maximum Gasteiger partial charge on any atom is 0.168 e. The molecule has 1 aromatic carbocycles. The zero-order valence-electron chi connectivity index (χ0n) is 13.4. The average molecular weight is 299 g/mol. The average Bonchev–Trinajstić information content (AvgIpc) is 2.72. The van der Waals surface area contributed by atoms with Crippen molar-refractivity contribution < 1.29 is 9.21 Å². The molecule has 0 bridgehead atoms. The van der Waals surface area contributed by atoms with Gasteiger partial charge in [-0.3, -0.25) is 4.79 Å². The number of hydrogen-bond donors (Lipinski definition) is 0. The monoisotopic (exact) mass is 299 g/mol. The van der Waals surface area contributed by atoms with E-state index in [1.807, 2.05) is 31.2 Å². The number of hydrogen-bond acceptors (Lipinski definition) is 3. The van der Waals surface area contributed by atoms with Crippen LogP contribution in [0.2, 0.25) is 0 Å². The number of carbonyl (C=O) groups is 1. The third-order valence-electron chi connectivity index (χ3n) is 4.62. The van der Waals surface area contributed by atoms with Gasteiger partial charge in [-0.15, -0.1) is 0 Å². The molecule has 22 heavy (non-hydrogen) atoms. The fourth-order valence-corrected chi connectivity index (χ4v) is 3.40. The number of ketones is 1. The van der Waals surface area contributed by atoms with E-state index in [1.165, 1.54) is 25.7 Å². The van der Waals surface area contributed by atoms with Gasteiger partial charge in [0.1, 0.15) is 11.3 Å². The van der Waals surface area contributed by atoms with E-state index < -0.39 is 0 Å². The zero-order valence-corrected chi connectivity index (χ0v) is 13.4. The van der Waals surface area contributed by atoms with Crippen molar-refractivity contribution in [3.8, 4) is 0 Å². The molecule has 3 heteroatoms. The van der Waals surface area contributed by atoms with Crippen LogP contribution in [-0.4, -0.2) is 30.3 Å². The van der Waals surface area contributed by atoms with E-state index in [1.54, 1.807) is 0 Å². The molecular weight excluding hydrogens is 274 g/mol. The standard InChI is InChI=1S/C19H25NO2/c1-2-17-19(15-9-5-6-10-18(15)22-17)16(21)11-14-20-12-7-3-4-8-13-20/h5-6,9-10H,2-4,7-8,11-14H2,1H3. The van der Waals surface area contributed by atoms with Crippen LogP contribution >= 0.6 is 0 Å². The summed E-state index contributed by atoms with van der Waals surface area (Å²) in [4.78, 5) is 15.2. The maximum atomic E-state index is 12.7. The van der Waals surface area contributed by atoms with Crippen LogP contribution in [-0.2, 0) is 6.42 Å². The fourth-order valence-electron chi connectivity index (χ4n) is 3.40. The lowest BCUT2D eigenvalue weighted by molar-refractivity contribution is 0.0964. The Balaban J connectivity index is 1.74. The van der Waals surface area contributed by atoms with Gasteiger partial charge >= 0.3 is 0 Å². The largest absolute Gasteiger partial charge is 0.460 e. The first-order valence-electron chi connectivity index (χ1n) is 8.55. The highest BCUT2D eigenvalue weighted by molar-refractivity contribution is 6.08. The lowest BCUT2D eigenvalue weighted by Crippen LogP contribution is -2.27. The molecule has 0 aliphatic carbocycles. The van der Waals surface area contributed by atoms with E-state index in [0.29, 0.717) is 6.42 Å². The summed E-state index contributed by atoms with van der Waals surface area (Å²) >= 11 is 0. The Morgan fingerprint density at radius 3 is 2.59 bits per heavy atom. The van der Waals surface area contributed by atoms with Crippen LogP contribution < -0.4 is 0 Å². The van der Waals surface area contributed by atoms with Gasteiger partial charge in [0.05, 0.1) is 5.56 Å². The second-order valence-corrected chi connectivity index (χ2v) is 6.18. The Morgan fingerprint density at radius 2 is 1.86 bits per heavy atom. The molecule has 1 saturated heterocycles. The van der Waals surface area contributed by atoms with Gasteiger partial charge in [-0.25, -0.2) is 0 Å². The van der Waals surface area contributed by atoms with Gasteiger partial charge in [0.15, 0.2) is 5.78 Å². The molecule has 0 N–H and O–H groups in total. The fraction of sp³-hybridized carbons (Fsp3) is 0.526. The summed E-state index contributed by atoms with van der Waals surface area (Å²) < 4.78 is 5.85. The van der Waals surface area contributed by atoms with Gasteiger partial charge in [-0.1, -0.05) is 38.0 Å². The summed E-state index contributed by atoms with van der Waals surface area (Å²) in [5.41, 5.74) is 1.64. The summed E-state index contributed by atoms with van der Waals surface area (Å²) in [6, 6.07) is 7.87.